The molecule has 3 aliphatic rings. The summed E-state index contributed by atoms with van der Waals surface area (Å²) < 4.78 is 1.88. The van der Waals surface area contributed by atoms with Crippen LogP contribution in [0.5, 0.6) is 0 Å². The van der Waals surface area contributed by atoms with E-state index in [0.717, 1.165) is 30.4 Å². The second-order valence-corrected chi connectivity index (χ2v) is 5.62. The standard InChI is InChI=1S/C13H17N5O/c1-7-14-11-10(16(7)2)12(19)17(3)13-15-8-5-4-6-9(8)18(11)13/h8-9H,4-6H2,1-3H3/t8-,9+/m0/s1. The Labute approximate surface area is 111 Å². The molecule has 19 heavy (non-hydrogen) atoms. The van der Waals surface area contributed by atoms with Crippen LogP contribution in [0, 0.1) is 6.92 Å². The highest BCUT2D eigenvalue weighted by atomic mass is 16.2. The van der Waals surface area contributed by atoms with E-state index in [-0.39, 0.29) is 5.91 Å². The lowest BCUT2D eigenvalue weighted by atomic mass is 10.1. The minimum absolute atomic E-state index is 0.00641. The van der Waals surface area contributed by atoms with Crippen molar-refractivity contribution in [2.24, 2.45) is 12.0 Å². The van der Waals surface area contributed by atoms with Crippen LogP contribution in [0.4, 0.5) is 5.82 Å². The van der Waals surface area contributed by atoms with Crippen LogP contribution >= 0.6 is 0 Å². The Morgan fingerprint density at radius 3 is 2.84 bits per heavy atom. The van der Waals surface area contributed by atoms with Gasteiger partial charge in [0.1, 0.15) is 5.82 Å². The van der Waals surface area contributed by atoms with Gasteiger partial charge in [-0.25, -0.2) is 9.98 Å². The Bertz CT molecular complexity index is 617. The first kappa shape index (κ1) is 11.0. The zero-order valence-corrected chi connectivity index (χ0v) is 11.4. The number of amides is 1. The summed E-state index contributed by atoms with van der Waals surface area (Å²) in [6.07, 6.45) is 3.46. The normalized spacial score (nSPS) is 28.4. The monoisotopic (exact) mass is 259 g/mol. The quantitative estimate of drug-likeness (QED) is 0.696. The van der Waals surface area contributed by atoms with E-state index in [1.165, 1.54) is 6.42 Å². The van der Waals surface area contributed by atoms with E-state index >= 15 is 0 Å². The van der Waals surface area contributed by atoms with Gasteiger partial charge in [0.25, 0.3) is 5.91 Å². The number of anilines is 1. The molecule has 1 saturated carbocycles. The summed E-state index contributed by atoms with van der Waals surface area (Å²) in [7, 11) is 3.71. The molecule has 1 aliphatic carbocycles. The van der Waals surface area contributed by atoms with Gasteiger partial charge in [0.15, 0.2) is 11.5 Å². The molecule has 1 amide bonds. The number of nitrogens with zero attached hydrogens (tertiary/aromatic N) is 5. The molecule has 0 bridgehead atoms. The van der Waals surface area contributed by atoms with E-state index < -0.39 is 0 Å². The van der Waals surface area contributed by atoms with Crippen LogP contribution in [0.3, 0.4) is 0 Å². The predicted molar refractivity (Wildman–Crippen MR) is 71.4 cm³/mol. The number of rotatable bonds is 0. The van der Waals surface area contributed by atoms with Gasteiger partial charge in [-0.1, -0.05) is 0 Å². The average Bonchev–Trinajstić information content (AvgIpc) is 3.01. The number of aliphatic imine (C=N–C) groups is 1. The number of aromatic nitrogens is 2. The SMILES string of the molecule is Cc1nc2c(n1C)C(=O)N(C)C1=N[C@H]3CCC[C@H]3N12. The molecule has 0 unspecified atom stereocenters. The third-order valence-corrected chi connectivity index (χ3v) is 4.61. The Morgan fingerprint density at radius 2 is 2.05 bits per heavy atom. The first-order valence-electron chi connectivity index (χ1n) is 6.78. The van der Waals surface area contributed by atoms with Crippen LogP contribution in [-0.4, -0.2) is 45.4 Å². The van der Waals surface area contributed by atoms with Gasteiger partial charge in [0, 0.05) is 14.1 Å². The third-order valence-electron chi connectivity index (χ3n) is 4.61. The first-order chi connectivity index (χ1) is 9.09. The van der Waals surface area contributed by atoms with E-state index in [1.807, 2.05) is 18.5 Å². The Balaban J connectivity index is 1.94. The minimum atomic E-state index is -0.00641. The molecule has 2 atom stereocenters. The molecule has 6 nitrogen and oxygen atoms in total. The van der Waals surface area contributed by atoms with Crippen LogP contribution in [0.1, 0.15) is 35.6 Å². The predicted octanol–water partition coefficient (Wildman–Crippen LogP) is 0.911. The van der Waals surface area contributed by atoms with E-state index in [9.17, 15) is 4.79 Å². The molecular formula is C13H17N5O. The molecule has 0 radical (unpaired) electrons. The summed E-state index contributed by atoms with van der Waals surface area (Å²) in [5, 5.41) is 0. The maximum Gasteiger partial charge on any atom is 0.280 e. The first-order valence-corrected chi connectivity index (χ1v) is 6.78. The lowest BCUT2D eigenvalue weighted by Gasteiger charge is -2.34. The van der Waals surface area contributed by atoms with Crippen molar-refractivity contribution >= 4 is 17.7 Å². The van der Waals surface area contributed by atoms with Crippen LogP contribution in [0.25, 0.3) is 0 Å². The Morgan fingerprint density at radius 1 is 1.26 bits per heavy atom. The molecule has 0 spiro atoms. The zero-order chi connectivity index (χ0) is 13.3. The van der Waals surface area contributed by atoms with Crippen LogP contribution in [-0.2, 0) is 7.05 Å². The summed E-state index contributed by atoms with van der Waals surface area (Å²) in [4.78, 5) is 25.7. The number of hydrogen-bond donors (Lipinski definition) is 0. The van der Waals surface area contributed by atoms with E-state index in [4.69, 9.17) is 4.99 Å². The van der Waals surface area contributed by atoms with Gasteiger partial charge in [-0.05, 0) is 26.2 Å². The maximum absolute atomic E-state index is 12.5. The fraction of sp³-hybridized carbons (Fsp3) is 0.615. The molecule has 1 aromatic rings. The molecule has 0 aromatic carbocycles. The van der Waals surface area contributed by atoms with Crippen LogP contribution in [0.2, 0.25) is 0 Å². The fourth-order valence-corrected chi connectivity index (χ4v) is 3.48. The largest absolute Gasteiger partial charge is 0.325 e. The molecule has 3 heterocycles. The zero-order valence-electron chi connectivity index (χ0n) is 11.4. The highest BCUT2D eigenvalue weighted by molar-refractivity contribution is 6.18. The van der Waals surface area contributed by atoms with Crippen molar-refractivity contribution in [1.29, 1.82) is 0 Å². The highest BCUT2D eigenvalue weighted by Crippen LogP contribution is 2.39. The highest BCUT2D eigenvalue weighted by Gasteiger charge is 2.48. The molecule has 2 aliphatic heterocycles. The van der Waals surface area contributed by atoms with E-state index in [0.29, 0.717) is 17.8 Å². The number of imidazole rings is 1. The smallest absolute Gasteiger partial charge is 0.280 e. The average molecular weight is 259 g/mol. The number of carbonyl (C=O) groups is 1. The molecular weight excluding hydrogens is 242 g/mol. The molecule has 4 rings (SSSR count). The van der Waals surface area contributed by atoms with Crippen molar-refractivity contribution in [3.63, 3.8) is 0 Å². The molecule has 0 N–H and O–H groups in total. The van der Waals surface area contributed by atoms with Crippen molar-refractivity contribution in [3.05, 3.63) is 11.5 Å². The summed E-state index contributed by atoms with van der Waals surface area (Å²) >= 11 is 0. The third kappa shape index (κ3) is 1.19. The molecule has 6 heteroatoms. The summed E-state index contributed by atoms with van der Waals surface area (Å²) in [5.41, 5.74) is 0.687. The Hall–Kier alpha value is -1.85. The van der Waals surface area contributed by atoms with Gasteiger partial charge in [-0.3, -0.25) is 14.6 Å². The molecule has 0 saturated heterocycles. The number of hydrogen-bond acceptors (Lipinski definition) is 4. The van der Waals surface area contributed by atoms with Gasteiger partial charge in [0.2, 0.25) is 5.96 Å². The second kappa shape index (κ2) is 3.37. The van der Waals surface area contributed by atoms with Crippen molar-refractivity contribution in [1.82, 2.24) is 14.5 Å². The van der Waals surface area contributed by atoms with Gasteiger partial charge in [-0.2, -0.15) is 0 Å². The van der Waals surface area contributed by atoms with Gasteiger partial charge < -0.3 is 4.57 Å². The number of guanidine groups is 1. The summed E-state index contributed by atoms with van der Waals surface area (Å²) in [6.45, 7) is 1.94. The van der Waals surface area contributed by atoms with Crippen molar-refractivity contribution in [2.75, 3.05) is 11.9 Å². The summed E-state index contributed by atoms with van der Waals surface area (Å²) in [6, 6.07) is 0.720. The maximum atomic E-state index is 12.5. The lowest BCUT2D eigenvalue weighted by Crippen LogP contribution is -2.51. The Kier molecular flexibility index (Phi) is 1.96. The topological polar surface area (TPSA) is 53.7 Å². The van der Waals surface area contributed by atoms with Crippen LogP contribution < -0.4 is 4.90 Å². The van der Waals surface area contributed by atoms with Crippen molar-refractivity contribution in [2.45, 2.75) is 38.3 Å². The van der Waals surface area contributed by atoms with Crippen molar-refractivity contribution < 1.29 is 4.79 Å². The molecule has 1 fully saturated rings. The minimum Gasteiger partial charge on any atom is -0.325 e. The van der Waals surface area contributed by atoms with Crippen LogP contribution in [0.15, 0.2) is 4.99 Å². The van der Waals surface area contributed by atoms with Crippen molar-refractivity contribution in [3.8, 4) is 0 Å². The van der Waals surface area contributed by atoms with Gasteiger partial charge >= 0.3 is 0 Å². The van der Waals surface area contributed by atoms with E-state index in [2.05, 4.69) is 9.88 Å². The lowest BCUT2D eigenvalue weighted by molar-refractivity contribution is 0.0855. The summed E-state index contributed by atoms with van der Waals surface area (Å²) in [5.74, 6) is 2.45. The van der Waals surface area contributed by atoms with E-state index in [1.54, 1.807) is 11.9 Å². The van der Waals surface area contributed by atoms with Gasteiger partial charge in [-0.15, -0.1) is 0 Å². The van der Waals surface area contributed by atoms with Gasteiger partial charge in [0.05, 0.1) is 12.1 Å². The molecule has 100 valence electrons. The fourth-order valence-electron chi connectivity index (χ4n) is 3.48. The number of fused-ring (bicyclic) bond motifs is 5. The number of aryl methyl sites for hydroxylation is 1. The molecule has 1 aromatic heterocycles. The second-order valence-electron chi connectivity index (χ2n) is 5.62. The number of carbonyl (C=O) groups excluding carboxylic acids is 1.